The molecule has 0 N–H and O–H groups in total. The van der Waals surface area contributed by atoms with Crippen molar-refractivity contribution in [1.82, 2.24) is 0 Å². The first-order valence-corrected chi connectivity index (χ1v) is 6.79. The molecule has 2 aliphatic heterocycles. The van der Waals surface area contributed by atoms with Gasteiger partial charge in [0, 0.05) is 17.7 Å². The third-order valence-electron chi connectivity index (χ3n) is 3.97. The van der Waals surface area contributed by atoms with Crippen LogP contribution in [0.25, 0.3) is 11.1 Å². The summed E-state index contributed by atoms with van der Waals surface area (Å²) >= 11 is 0. The van der Waals surface area contributed by atoms with Gasteiger partial charge in [-0.15, -0.1) is 0 Å². The lowest BCUT2D eigenvalue weighted by atomic mass is 9.91. The van der Waals surface area contributed by atoms with Crippen LogP contribution in [-0.4, -0.2) is 12.4 Å². The van der Waals surface area contributed by atoms with E-state index in [1.165, 1.54) is 16.7 Å². The van der Waals surface area contributed by atoms with Crippen molar-refractivity contribution >= 4 is 6.21 Å². The van der Waals surface area contributed by atoms with E-state index in [1.54, 1.807) is 0 Å². The molecule has 2 aliphatic rings. The highest BCUT2D eigenvalue weighted by Gasteiger charge is 2.34. The van der Waals surface area contributed by atoms with Crippen LogP contribution in [0.1, 0.15) is 24.3 Å². The Morgan fingerprint density at radius 3 is 2.79 bits per heavy atom. The van der Waals surface area contributed by atoms with Gasteiger partial charge in [0.05, 0.1) is 0 Å². The highest BCUT2D eigenvalue weighted by Crippen LogP contribution is 2.44. The Morgan fingerprint density at radius 2 is 1.89 bits per heavy atom. The summed E-state index contributed by atoms with van der Waals surface area (Å²) in [6.45, 7) is 0. The third kappa shape index (κ3) is 1.75. The second kappa shape index (κ2) is 4.23. The summed E-state index contributed by atoms with van der Waals surface area (Å²) in [5.74, 6) is 1.46. The van der Waals surface area contributed by atoms with Crippen LogP contribution in [-0.2, 0) is 0 Å². The molecule has 2 nitrogen and oxygen atoms in total. The summed E-state index contributed by atoms with van der Waals surface area (Å²) in [6.07, 6.45) is 4.20. The largest absolute Gasteiger partial charge is 0.468 e. The molecule has 2 unspecified atom stereocenters. The maximum atomic E-state index is 5.98. The summed E-state index contributed by atoms with van der Waals surface area (Å²) in [6, 6.07) is 17.0. The Kier molecular flexibility index (Phi) is 2.41. The molecule has 2 heterocycles. The minimum Gasteiger partial charge on any atom is -0.468 e. The fourth-order valence-corrected chi connectivity index (χ4v) is 2.98. The van der Waals surface area contributed by atoms with Crippen LogP contribution in [0.5, 0.6) is 5.75 Å². The summed E-state index contributed by atoms with van der Waals surface area (Å²) in [7, 11) is 0. The standard InChI is InChI=1S/C17H15NO/c1-2-5-12(6-3-1)13-8-9-14-15-7-4-10-18-17(15)19-16(14)11-13/h1-3,5-6,8-11,15,17H,4,7H2. The van der Waals surface area contributed by atoms with E-state index in [4.69, 9.17) is 4.74 Å². The van der Waals surface area contributed by atoms with Gasteiger partial charge in [-0.05, 0) is 30.0 Å². The third-order valence-corrected chi connectivity index (χ3v) is 3.97. The van der Waals surface area contributed by atoms with E-state index in [0.29, 0.717) is 5.92 Å². The van der Waals surface area contributed by atoms with Gasteiger partial charge < -0.3 is 4.74 Å². The summed E-state index contributed by atoms with van der Waals surface area (Å²) in [4.78, 5) is 4.46. The fourth-order valence-electron chi connectivity index (χ4n) is 2.98. The van der Waals surface area contributed by atoms with Crippen molar-refractivity contribution in [3.8, 4) is 16.9 Å². The van der Waals surface area contributed by atoms with Crippen molar-refractivity contribution in [2.45, 2.75) is 25.0 Å². The molecule has 0 bridgehead atoms. The number of hydrogen-bond acceptors (Lipinski definition) is 2. The summed E-state index contributed by atoms with van der Waals surface area (Å²) in [5.41, 5.74) is 3.76. The van der Waals surface area contributed by atoms with E-state index in [1.807, 2.05) is 12.3 Å². The smallest absolute Gasteiger partial charge is 0.196 e. The highest BCUT2D eigenvalue weighted by molar-refractivity contribution is 5.67. The predicted molar refractivity (Wildman–Crippen MR) is 76.8 cm³/mol. The molecule has 19 heavy (non-hydrogen) atoms. The number of rotatable bonds is 1. The zero-order valence-corrected chi connectivity index (χ0v) is 10.6. The highest BCUT2D eigenvalue weighted by atomic mass is 16.5. The average molecular weight is 249 g/mol. The number of benzene rings is 2. The Bertz CT molecular complexity index is 633. The topological polar surface area (TPSA) is 21.6 Å². The van der Waals surface area contributed by atoms with Crippen LogP contribution in [0, 0.1) is 0 Å². The molecule has 0 aromatic heterocycles. The van der Waals surface area contributed by atoms with E-state index >= 15 is 0 Å². The van der Waals surface area contributed by atoms with Gasteiger partial charge >= 0.3 is 0 Å². The first-order valence-electron chi connectivity index (χ1n) is 6.79. The fraction of sp³-hybridized carbons (Fsp3) is 0.235. The number of nitrogens with zero attached hydrogens (tertiary/aromatic N) is 1. The first kappa shape index (κ1) is 10.8. The molecular formula is C17H15NO. The Balaban J connectivity index is 1.75. The second-order valence-electron chi connectivity index (χ2n) is 5.14. The van der Waals surface area contributed by atoms with Crippen molar-refractivity contribution in [2.75, 3.05) is 0 Å². The van der Waals surface area contributed by atoms with Crippen molar-refractivity contribution in [3.05, 3.63) is 54.1 Å². The van der Waals surface area contributed by atoms with Crippen molar-refractivity contribution < 1.29 is 4.74 Å². The number of hydrogen-bond donors (Lipinski definition) is 0. The molecule has 0 spiro atoms. The minimum absolute atomic E-state index is 0.00905. The molecule has 0 saturated carbocycles. The van der Waals surface area contributed by atoms with Gasteiger partial charge in [-0.2, -0.15) is 0 Å². The SMILES string of the molecule is C1=NC2Oc3cc(-c4ccccc4)ccc3C2CC1. The summed E-state index contributed by atoms with van der Waals surface area (Å²) < 4.78 is 5.98. The average Bonchev–Trinajstić information content (AvgIpc) is 2.86. The second-order valence-corrected chi connectivity index (χ2v) is 5.14. The molecule has 2 heteroatoms. The molecule has 0 aliphatic carbocycles. The Labute approximate surface area is 112 Å². The maximum Gasteiger partial charge on any atom is 0.196 e. The molecule has 2 aromatic carbocycles. The number of ether oxygens (including phenoxy) is 1. The number of aliphatic imine (C=N–C) groups is 1. The predicted octanol–water partition coefficient (Wildman–Crippen LogP) is 4.02. The zero-order chi connectivity index (χ0) is 12.7. The lowest BCUT2D eigenvalue weighted by Gasteiger charge is -2.17. The minimum atomic E-state index is 0.00905. The normalized spacial score (nSPS) is 23.6. The van der Waals surface area contributed by atoms with Crippen LogP contribution in [0.15, 0.2) is 53.5 Å². The van der Waals surface area contributed by atoms with Gasteiger partial charge in [-0.1, -0.05) is 42.5 Å². The van der Waals surface area contributed by atoms with Gasteiger partial charge in [0.15, 0.2) is 6.23 Å². The van der Waals surface area contributed by atoms with Gasteiger partial charge in [0.25, 0.3) is 0 Å². The molecule has 4 rings (SSSR count). The molecule has 0 amide bonds. The molecular weight excluding hydrogens is 234 g/mol. The van der Waals surface area contributed by atoms with Crippen LogP contribution in [0.3, 0.4) is 0 Å². The molecule has 0 radical (unpaired) electrons. The molecule has 94 valence electrons. The summed E-state index contributed by atoms with van der Waals surface area (Å²) in [5, 5.41) is 0. The lowest BCUT2D eigenvalue weighted by molar-refractivity contribution is 0.207. The van der Waals surface area contributed by atoms with E-state index in [9.17, 15) is 0 Å². The van der Waals surface area contributed by atoms with Crippen LogP contribution >= 0.6 is 0 Å². The van der Waals surface area contributed by atoms with E-state index in [-0.39, 0.29) is 6.23 Å². The first-order chi connectivity index (χ1) is 9.42. The van der Waals surface area contributed by atoms with Crippen molar-refractivity contribution in [3.63, 3.8) is 0 Å². The van der Waals surface area contributed by atoms with Crippen LogP contribution < -0.4 is 4.74 Å². The molecule has 0 saturated heterocycles. The van der Waals surface area contributed by atoms with E-state index < -0.39 is 0 Å². The lowest BCUT2D eigenvalue weighted by Crippen LogP contribution is -2.19. The van der Waals surface area contributed by atoms with Gasteiger partial charge in [0.1, 0.15) is 5.75 Å². The zero-order valence-electron chi connectivity index (χ0n) is 10.6. The number of fused-ring (bicyclic) bond motifs is 3. The van der Waals surface area contributed by atoms with Crippen LogP contribution in [0.4, 0.5) is 0 Å². The maximum absolute atomic E-state index is 5.98. The van der Waals surface area contributed by atoms with E-state index in [0.717, 1.165) is 18.6 Å². The Hall–Kier alpha value is -2.09. The van der Waals surface area contributed by atoms with Crippen LogP contribution in [0.2, 0.25) is 0 Å². The van der Waals surface area contributed by atoms with Crippen molar-refractivity contribution in [1.29, 1.82) is 0 Å². The quantitative estimate of drug-likeness (QED) is 0.748. The van der Waals surface area contributed by atoms with Gasteiger partial charge in [-0.3, -0.25) is 4.99 Å². The van der Waals surface area contributed by atoms with Crippen molar-refractivity contribution in [2.24, 2.45) is 4.99 Å². The molecule has 0 fully saturated rings. The Morgan fingerprint density at radius 1 is 1.00 bits per heavy atom. The van der Waals surface area contributed by atoms with Gasteiger partial charge in [0.2, 0.25) is 0 Å². The molecule has 2 atom stereocenters. The van der Waals surface area contributed by atoms with E-state index in [2.05, 4.69) is 47.5 Å². The van der Waals surface area contributed by atoms with Gasteiger partial charge in [-0.25, -0.2) is 0 Å². The molecule has 2 aromatic rings. The monoisotopic (exact) mass is 249 g/mol.